The average molecular weight is 370 g/mol. The van der Waals surface area contributed by atoms with Crippen molar-refractivity contribution in [1.82, 2.24) is 10.4 Å². The first-order valence-electron chi connectivity index (χ1n) is 5.61. The van der Waals surface area contributed by atoms with Gasteiger partial charge in [0, 0.05) is 16.4 Å². The highest BCUT2D eigenvalue weighted by Gasteiger charge is 1.96. The topological polar surface area (TPSA) is 49.3 Å². The van der Waals surface area contributed by atoms with Crippen LogP contribution in [-0.4, -0.2) is 16.3 Å². The van der Waals surface area contributed by atoms with Crippen molar-refractivity contribution < 1.29 is 0 Å². The van der Waals surface area contributed by atoms with Gasteiger partial charge >= 0.3 is 0 Å². The quantitative estimate of drug-likeness (QED) is 0.490. The minimum Gasteiger partial charge on any atom is -0.331 e. The fourth-order valence-electron chi connectivity index (χ4n) is 1.31. The molecule has 0 bridgehead atoms. The van der Waals surface area contributed by atoms with E-state index in [4.69, 9.17) is 23.8 Å². The number of nitrogens with zero attached hydrogens (tertiary/aromatic N) is 2. The molecule has 0 fully saturated rings. The van der Waals surface area contributed by atoms with Gasteiger partial charge in [0.15, 0.2) is 5.11 Å². The molecule has 1 aromatic heterocycles. The molecule has 0 unspecified atom stereocenters. The Morgan fingerprint density at radius 1 is 1.25 bits per heavy atom. The summed E-state index contributed by atoms with van der Waals surface area (Å²) in [5, 5.41) is 7.99. The Morgan fingerprint density at radius 2 is 2.00 bits per heavy atom. The summed E-state index contributed by atoms with van der Waals surface area (Å²) < 4.78 is 1.01. The van der Waals surface area contributed by atoms with E-state index in [1.165, 1.54) is 0 Å². The predicted octanol–water partition coefficient (Wildman–Crippen LogP) is 3.82. The van der Waals surface area contributed by atoms with E-state index in [1.54, 1.807) is 24.5 Å². The van der Waals surface area contributed by atoms with Gasteiger partial charge in [0.1, 0.15) is 0 Å². The molecule has 0 amide bonds. The maximum atomic E-state index is 5.74. The van der Waals surface area contributed by atoms with Crippen molar-refractivity contribution in [1.29, 1.82) is 0 Å². The Hall–Kier alpha value is -1.50. The summed E-state index contributed by atoms with van der Waals surface area (Å²) in [5.74, 6) is 0. The number of anilines is 1. The maximum Gasteiger partial charge on any atom is 0.191 e. The van der Waals surface area contributed by atoms with E-state index in [0.29, 0.717) is 15.8 Å². The molecule has 0 aliphatic carbocycles. The van der Waals surface area contributed by atoms with E-state index < -0.39 is 0 Å². The molecule has 0 saturated heterocycles. The normalized spacial score (nSPS) is 10.5. The zero-order valence-electron chi connectivity index (χ0n) is 10.2. The predicted molar refractivity (Wildman–Crippen MR) is 90.3 cm³/mol. The summed E-state index contributed by atoms with van der Waals surface area (Å²) in [5.41, 5.74) is 4.28. The molecule has 2 rings (SSSR count). The Bertz CT molecular complexity index is 613. The average Bonchev–Trinajstić information content (AvgIpc) is 2.44. The Kier molecular flexibility index (Phi) is 5.46. The molecule has 2 N–H and O–H groups in total. The monoisotopic (exact) mass is 368 g/mol. The molecule has 0 saturated carbocycles. The molecular weight excluding hydrogens is 360 g/mol. The molecule has 1 heterocycles. The van der Waals surface area contributed by atoms with Crippen molar-refractivity contribution in [3.63, 3.8) is 0 Å². The Morgan fingerprint density at radius 3 is 2.65 bits per heavy atom. The highest BCUT2D eigenvalue weighted by molar-refractivity contribution is 9.10. The zero-order valence-corrected chi connectivity index (χ0v) is 13.3. The first-order valence-corrected chi connectivity index (χ1v) is 7.18. The summed E-state index contributed by atoms with van der Waals surface area (Å²) in [7, 11) is 0. The van der Waals surface area contributed by atoms with Crippen LogP contribution in [0.2, 0.25) is 5.02 Å². The van der Waals surface area contributed by atoms with Crippen LogP contribution in [-0.2, 0) is 0 Å². The van der Waals surface area contributed by atoms with Crippen LogP contribution in [0, 0.1) is 0 Å². The number of pyridine rings is 1. The van der Waals surface area contributed by atoms with Crippen molar-refractivity contribution in [3.8, 4) is 0 Å². The molecule has 102 valence electrons. The van der Waals surface area contributed by atoms with Crippen molar-refractivity contribution >= 4 is 56.8 Å². The second kappa shape index (κ2) is 7.33. The second-order valence-electron chi connectivity index (χ2n) is 3.73. The highest BCUT2D eigenvalue weighted by Crippen LogP contribution is 2.13. The number of hydrogen-bond donors (Lipinski definition) is 2. The van der Waals surface area contributed by atoms with Gasteiger partial charge in [-0.15, -0.1) is 0 Å². The first-order chi connectivity index (χ1) is 9.63. The van der Waals surface area contributed by atoms with Gasteiger partial charge in [-0.05, 0) is 48.6 Å². The van der Waals surface area contributed by atoms with Crippen LogP contribution < -0.4 is 10.7 Å². The van der Waals surface area contributed by atoms with E-state index in [0.717, 1.165) is 10.2 Å². The molecule has 4 nitrogen and oxygen atoms in total. The molecule has 2 aromatic rings. The van der Waals surface area contributed by atoms with Gasteiger partial charge in [-0.2, -0.15) is 5.10 Å². The van der Waals surface area contributed by atoms with Crippen LogP contribution >= 0.6 is 39.7 Å². The van der Waals surface area contributed by atoms with E-state index in [-0.39, 0.29) is 0 Å². The zero-order chi connectivity index (χ0) is 14.4. The molecule has 20 heavy (non-hydrogen) atoms. The van der Waals surface area contributed by atoms with Gasteiger partial charge in [-0.1, -0.05) is 27.5 Å². The van der Waals surface area contributed by atoms with E-state index >= 15 is 0 Å². The third-order valence-electron chi connectivity index (χ3n) is 2.22. The van der Waals surface area contributed by atoms with Gasteiger partial charge in [-0.25, -0.2) is 0 Å². The Labute approximate surface area is 135 Å². The van der Waals surface area contributed by atoms with Gasteiger partial charge < -0.3 is 5.32 Å². The van der Waals surface area contributed by atoms with Crippen molar-refractivity contribution in [2.75, 3.05) is 5.32 Å². The maximum absolute atomic E-state index is 5.74. The molecule has 0 aliphatic heterocycles. The summed E-state index contributed by atoms with van der Waals surface area (Å²) >= 11 is 14.2. The molecular formula is C13H10BrClN4S. The third kappa shape index (κ3) is 4.88. The first kappa shape index (κ1) is 14.9. The molecule has 0 aliphatic rings. The van der Waals surface area contributed by atoms with Crippen molar-refractivity contribution in [2.45, 2.75) is 0 Å². The van der Waals surface area contributed by atoms with Gasteiger partial charge in [0.25, 0.3) is 0 Å². The molecule has 1 aromatic carbocycles. The third-order valence-corrected chi connectivity index (χ3v) is 3.16. The summed E-state index contributed by atoms with van der Waals surface area (Å²) in [6, 6.07) is 11.2. The fraction of sp³-hybridized carbons (Fsp3) is 0. The lowest BCUT2D eigenvalue weighted by Crippen LogP contribution is -2.23. The van der Waals surface area contributed by atoms with E-state index in [2.05, 4.69) is 36.8 Å². The minimum absolute atomic E-state index is 0.400. The minimum atomic E-state index is 0.400. The smallest absolute Gasteiger partial charge is 0.191 e. The van der Waals surface area contributed by atoms with Gasteiger partial charge in [-0.3, -0.25) is 10.4 Å². The summed E-state index contributed by atoms with van der Waals surface area (Å²) in [6.45, 7) is 0. The Balaban J connectivity index is 1.85. The van der Waals surface area contributed by atoms with E-state index in [9.17, 15) is 0 Å². The van der Waals surface area contributed by atoms with Crippen LogP contribution in [0.15, 0.2) is 52.2 Å². The van der Waals surface area contributed by atoms with Crippen LogP contribution in [0.5, 0.6) is 0 Å². The molecule has 7 heteroatoms. The fourth-order valence-corrected chi connectivity index (χ4v) is 1.86. The van der Waals surface area contributed by atoms with Crippen LogP contribution in [0.25, 0.3) is 0 Å². The highest BCUT2D eigenvalue weighted by atomic mass is 79.9. The van der Waals surface area contributed by atoms with E-state index in [1.807, 2.05) is 24.3 Å². The number of halogens is 2. The standard InChI is InChI=1S/C13H10BrClN4S/c14-9-1-4-11(5-2-9)18-13(20)19-17-8-12-6-3-10(15)7-16-12/h1-8H,(H2,18,19,20)/b17-8+. The second-order valence-corrected chi connectivity index (χ2v) is 5.49. The number of thiocarbonyl (C=S) groups is 1. The lowest BCUT2D eigenvalue weighted by molar-refractivity contribution is 1.05. The number of rotatable bonds is 3. The van der Waals surface area contributed by atoms with Crippen LogP contribution in [0.1, 0.15) is 5.69 Å². The van der Waals surface area contributed by atoms with Gasteiger partial charge in [0.05, 0.1) is 16.9 Å². The largest absolute Gasteiger partial charge is 0.331 e. The lowest BCUT2D eigenvalue weighted by Gasteiger charge is -2.06. The molecule has 0 spiro atoms. The summed E-state index contributed by atoms with van der Waals surface area (Å²) in [6.07, 6.45) is 3.12. The number of nitrogens with one attached hydrogen (secondary N) is 2. The van der Waals surface area contributed by atoms with Crippen LogP contribution in [0.4, 0.5) is 5.69 Å². The number of hydrazone groups is 1. The van der Waals surface area contributed by atoms with Crippen molar-refractivity contribution in [3.05, 3.63) is 57.8 Å². The molecule has 0 atom stereocenters. The van der Waals surface area contributed by atoms with Crippen LogP contribution in [0.3, 0.4) is 0 Å². The SMILES string of the molecule is S=C(N/N=C/c1ccc(Cl)cn1)Nc1ccc(Br)cc1. The number of hydrogen-bond acceptors (Lipinski definition) is 3. The summed E-state index contributed by atoms with van der Waals surface area (Å²) in [4.78, 5) is 4.08. The lowest BCUT2D eigenvalue weighted by atomic mass is 10.3. The number of aromatic nitrogens is 1. The van der Waals surface area contributed by atoms with Gasteiger partial charge in [0.2, 0.25) is 0 Å². The van der Waals surface area contributed by atoms with Crippen molar-refractivity contribution in [2.24, 2.45) is 5.10 Å². The molecule has 0 radical (unpaired) electrons. The number of benzene rings is 1.